The van der Waals surface area contributed by atoms with Crippen LogP contribution in [0.3, 0.4) is 0 Å². The van der Waals surface area contributed by atoms with Crippen molar-refractivity contribution in [2.75, 3.05) is 0 Å². The number of amidine groups is 1. The Morgan fingerprint density at radius 3 is 2.94 bits per heavy atom. The van der Waals surface area contributed by atoms with E-state index in [9.17, 15) is 0 Å². The quantitative estimate of drug-likeness (QED) is 0.591. The molecule has 4 nitrogen and oxygen atoms in total. The third kappa shape index (κ3) is 1.30. The highest BCUT2D eigenvalue weighted by atomic mass is 15.1. The van der Waals surface area contributed by atoms with Crippen LogP contribution in [0.2, 0.25) is 0 Å². The average Bonchev–Trinajstić information content (AvgIpc) is 2.99. The molecular formula is C12H14N4. The van der Waals surface area contributed by atoms with Crippen molar-refractivity contribution in [2.45, 2.75) is 25.7 Å². The van der Waals surface area contributed by atoms with Crippen molar-refractivity contribution in [3.63, 3.8) is 0 Å². The minimum Gasteiger partial charge on any atom is -0.382 e. The zero-order valence-electron chi connectivity index (χ0n) is 9.20. The van der Waals surface area contributed by atoms with E-state index < -0.39 is 0 Å². The number of pyridine rings is 1. The SMILES string of the molecule is Cc1ccn2c(C3CC3)nc(C(=N)N)c2c1. The van der Waals surface area contributed by atoms with Gasteiger partial charge in [-0.2, -0.15) is 0 Å². The van der Waals surface area contributed by atoms with Gasteiger partial charge in [0.1, 0.15) is 17.4 Å². The van der Waals surface area contributed by atoms with E-state index in [4.69, 9.17) is 11.1 Å². The fourth-order valence-corrected chi connectivity index (χ4v) is 2.04. The summed E-state index contributed by atoms with van der Waals surface area (Å²) in [6.45, 7) is 2.04. The van der Waals surface area contributed by atoms with Crippen LogP contribution in [0, 0.1) is 12.3 Å². The Labute approximate surface area is 93.6 Å². The van der Waals surface area contributed by atoms with Gasteiger partial charge >= 0.3 is 0 Å². The van der Waals surface area contributed by atoms with E-state index in [0.29, 0.717) is 11.6 Å². The normalized spacial score (nSPS) is 15.6. The van der Waals surface area contributed by atoms with Gasteiger partial charge in [0.2, 0.25) is 0 Å². The third-order valence-corrected chi connectivity index (χ3v) is 3.02. The first-order valence-corrected chi connectivity index (χ1v) is 5.50. The lowest BCUT2D eigenvalue weighted by Gasteiger charge is -2.00. The van der Waals surface area contributed by atoms with Crippen molar-refractivity contribution in [3.8, 4) is 0 Å². The monoisotopic (exact) mass is 214 g/mol. The Morgan fingerprint density at radius 1 is 1.56 bits per heavy atom. The van der Waals surface area contributed by atoms with Crippen LogP contribution in [0.1, 0.15) is 35.8 Å². The van der Waals surface area contributed by atoms with Crippen LogP contribution < -0.4 is 5.73 Å². The van der Waals surface area contributed by atoms with Gasteiger partial charge in [0.05, 0.1) is 5.52 Å². The Morgan fingerprint density at radius 2 is 2.31 bits per heavy atom. The zero-order valence-corrected chi connectivity index (χ0v) is 9.20. The first kappa shape index (κ1) is 9.39. The van der Waals surface area contributed by atoms with Crippen molar-refractivity contribution in [2.24, 2.45) is 5.73 Å². The summed E-state index contributed by atoms with van der Waals surface area (Å²) in [4.78, 5) is 4.51. The van der Waals surface area contributed by atoms with Gasteiger partial charge in [-0.3, -0.25) is 5.41 Å². The maximum Gasteiger partial charge on any atom is 0.144 e. The highest BCUT2D eigenvalue weighted by Crippen LogP contribution is 2.40. The predicted octanol–water partition coefficient (Wildman–Crippen LogP) is 1.80. The Hall–Kier alpha value is -1.84. The van der Waals surface area contributed by atoms with Gasteiger partial charge in [-0.1, -0.05) is 0 Å². The van der Waals surface area contributed by atoms with E-state index in [1.165, 1.54) is 12.8 Å². The summed E-state index contributed by atoms with van der Waals surface area (Å²) in [5.74, 6) is 1.67. The number of rotatable bonds is 2. The van der Waals surface area contributed by atoms with E-state index in [2.05, 4.69) is 15.5 Å². The minimum absolute atomic E-state index is 0.0509. The molecule has 1 aliphatic rings. The van der Waals surface area contributed by atoms with Crippen molar-refractivity contribution < 1.29 is 0 Å². The summed E-state index contributed by atoms with van der Waals surface area (Å²) in [7, 11) is 0. The van der Waals surface area contributed by atoms with E-state index >= 15 is 0 Å². The Kier molecular flexibility index (Phi) is 1.80. The summed E-state index contributed by atoms with van der Waals surface area (Å²) in [5.41, 5.74) is 8.30. The molecule has 2 aromatic rings. The number of imidazole rings is 1. The van der Waals surface area contributed by atoms with Gasteiger partial charge in [-0.25, -0.2) is 4.98 Å². The molecule has 0 amide bonds. The standard InChI is InChI=1S/C12H14N4/c1-7-4-5-16-9(6-7)10(11(13)14)15-12(16)8-2-3-8/h4-6,8H,2-3H2,1H3,(H3,13,14). The van der Waals surface area contributed by atoms with Gasteiger partial charge < -0.3 is 10.1 Å². The number of aromatic nitrogens is 2. The highest BCUT2D eigenvalue weighted by molar-refractivity contribution is 5.99. The van der Waals surface area contributed by atoms with Crippen LogP contribution in [-0.4, -0.2) is 15.2 Å². The summed E-state index contributed by atoms with van der Waals surface area (Å²) in [5, 5.41) is 7.56. The molecule has 4 heteroatoms. The average molecular weight is 214 g/mol. The van der Waals surface area contributed by atoms with E-state index in [1.807, 2.05) is 19.2 Å². The Bertz CT molecular complexity index is 578. The van der Waals surface area contributed by atoms with E-state index in [1.54, 1.807) is 0 Å². The molecule has 2 aromatic heterocycles. The molecule has 0 bridgehead atoms. The maximum absolute atomic E-state index is 7.56. The molecule has 1 aliphatic carbocycles. The van der Waals surface area contributed by atoms with Crippen molar-refractivity contribution in [1.82, 2.24) is 9.38 Å². The second kappa shape index (κ2) is 3.07. The number of fused-ring (bicyclic) bond motifs is 1. The van der Waals surface area contributed by atoms with Crippen LogP contribution in [-0.2, 0) is 0 Å². The number of nitrogens with one attached hydrogen (secondary N) is 1. The molecule has 2 heterocycles. The van der Waals surface area contributed by atoms with Crippen LogP contribution >= 0.6 is 0 Å². The van der Waals surface area contributed by atoms with Crippen molar-refractivity contribution in [3.05, 3.63) is 35.4 Å². The summed E-state index contributed by atoms with van der Waals surface area (Å²) in [6, 6.07) is 4.10. The first-order valence-electron chi connectivity index (χ1n) is 5.50. The molecule has 82 valence electrons. The van der Waals surface area contributed by atoms with Crippen molar-refractivity contribution in [1.29, 1.82) is 5.41 Å². The topological polar surface area (TPSA) is 67.2 Å². The number of hydrogen-bond donors (Lipinski definition) is 2. The fraction of sp³-hybridized carbons (Fsp3) is 0.333. The summed E-state index contributed by atoms with van der Waals surface area (Å²) in [6.07, 6.45) is 4.42. The second-order valence-corrected chi connectivity index (χ2v) is 4.47. The molecule has 3 N–H and O–H groups in total. The molecule has 1 saturated carbocycles. The smallest absolute Gasteiger partial charge is 0.144 e. The molecule has 16 heavy (non-hydrogen) atoms. The van der Waals surface area contributed by atoms with E-state index in [0.717, 1.165) is 16.9 Å². The van der Waals surface area contributed by atoms with Gasteiger partial charge in [0.15, 0.2) is 0 Å². The largest absolute Gasteiger partial charge is 0.382 e. The molecule has 0 aromatic carbocycles. The number of aryl methyl sites for hydroxylation is 1. The lowest BCUT2D eigenvalue weighted by molar-refractivity contribution is 0.918. The van der Waals surface area contributed by atoms with Crippen LogP contribution in [0.4, 0.5) is 0 Å². The molecular weight excluding hydrogens is 200 g/mol. The zero-order chi connectivity index (χ0) is 11.3. The van der Waals surface area contributed by atoms with Crippen molar-refractivity contribution >= 4 is 11.4 Å². The molecule has 3 rings (SSSR count). The number of nitrogens with zero attached hydrogens (tertiary/aromatic N) is 2. The first-order chi connectivity index (χ1) is 7.66. The maximum atomic E-state index is 7.56. The lowest BCUT2D eigenvalue weighted by atomic mass is 10.2. The van der Waals surface area contributed by atoms with Crippen LogP contribution in [0.15, 0.2) is 18.3 Å². The molecule has 0 atom stereocenters. The number of nitrogen functional groups attached to an aromatic ring is 1. The highest BCUT2D eigenvalue weighted by Gasteiger charge is 2.29. The third-order valence-electron chi connectivity index (χ3n) is 3.02. The van der Waals surface area contributed by atoms with Crippen LogP contribution in [0.25, 0.3) is 5.52 Å². The molecule has 1 fully saturated rings. The van der Waals surface area contributed by atoms with E-state index in [-0.39, 0.29) is 5.84 Å². The lowest BCUT2D eigenvalue weighted by Crippen LogP contribution is -2.12. The molecule has 0 radical (unpaired) electrons. The van der Waals surface area contributed by atoms with Gasteiger partial charge in [-0.05, 0) is 37.5 Å². The summed E-state index contributed by atoms with van der Waals surface area (Å²) >= 11 is 0. The number of hydrogen-bond acceptors (Lipinski definition) is 2. The second-order valence-electron chi connectivity index (χ2n) is 4.47. The van der Waals surface area contributed by atoms with Gasteiger partial charge in [-0.15, -0.1) is 0 Å². The summed E-state index contributed by atoms with van der Waals surface area (Å²) < 4.78 is 2.07. The minimum atomic E-state index is 0.0509. The molecule has 0 unspecified atom stereocenters. The fourth-order valence-electron chi connectivity index (χ4n) is 2.04. The predicted molar refractivity (Wildman–Crippen MR) is 62.9 cm³/mol. The number of nitrogens with two attached hydrogens (primary N) is 1. The molecule has 0 aliphatic heterocycles. The molecule has 0 saturated heterocycles. The van der Waals surface area contributed by atoms with Gasteiger partial charge in [0.25, 0.3) is 0 Å². The van der Waals surface area contributed by atoms with Crippen LogP contribution in [0.5, 0.6) is 0 Å². The Balaban J connectivity index is 2.32. The molecule has 0 spiro atoms. The van der Waals surface area contributed by atoms with Gasteiger partial charge in [0, 0.05) is 12.1 Å².